The molecule has 0 N–H and O–H groups in total. The van der Waals surface area contributed by atoms with Gasteiger partial charge in [0.15, 0.2) is 0 Å². The molecule has 1 saturated heterocycles. The maximum atomic E-state index is 12.1. The summed E-state index contributed by atoms with van der Waals surface area (Å²) in [7, 11) is -1.22. The van der Waals surface area contributed by atoms with Crippen LogP contribution in [0.4, 0.5) is 4.79 Å². The lowest BCUT2D eigenvalue weighted by Crippen LogP contribution is -2.39. The van der Waals surface area contributed by atoms with Crippen LogP contribution in [0, 0.1) is 5.92 Å². The minimum Gasteiger partial charge on any atom is -0.445 e. The lowest BCUT2D eigenvalue weighted by atomic mass is 9.99. The first kappa shape index (κ1) is 18.6. The van der Waals surface area contributed by atoms with Crippen molar-refractivity contribution in [2.24, 2.45) is 10.3 Å². The quantitative estimate of drug-likeness (QED) is 0.780. The molecule has 0 saturated carbocycles. The molecule has 1 amide bonds. The number of hydrogen-bond acceptors (Lipinski definition) is 3. The molecule has 24 heavy (non-hydrogen) atoms. The van der Waals surface area contributed by atoms with Gasteiger partial charge in [-0.15, -0.1) is 0 Å². The van der Waals surface area contributed by atoms with Crippen LogP contribution in [0.15, 0.2) is 34.7 Å². The van der Waals surface area contributed by atoms with E-state index < -0.39 is 11.0 Å². The number of benzene rings is 1. The fourth-order valence-corrected chi connectivity index (χ4v) is 2.94. The molecule has 1 atom stereocenters. The van der Waals surface area contributed by atoms with Crippen molar-refractivity contribution in [3.05, 3.63) is 35.9 Å². The molecule has 2 rings (SSSR count). The number of hydrogen-bond donors (Lipinski definition) is 0. The average molecular weight is 350 g/mol. The Labute approximate surface area is 146 Å². The molecule has 1 aromatic carbocycles. The number of likely N-dealkylation sites (tertiary alicyclic amines) is 1. The molecule has 1 unspecified atom stereocenters. The van der Waals surface area contributed by atoms with Crippen LogP contribution in [0.25, 0.3) is 0 Å². The van der Waals surface area contributed by atoms with E-state index in [4.69, 9.17) is 4.74 Å². The number of rotatable bonds is 4. The minimum absolute atomic E-state index is 0.271. The highest BCUT2D eigenvalue weighted by Crippen LogP contribution is 2.18. The maximum Gasteiger partial charge on any atom is 0.410 e. The van der Waals surface area contributed by atoms with Crippen molar-refractivity contribution in [1.29, 1.82) is 0 Å². The summed E-state index contributed by atoms with van der Waals surface area (Å²) in [6, 6.07) is 9.66. The molecule has 5 nitrogen and oxygen atoms in total. The van der Waals surface area contributed by atoms with Crippen molar-refractivity contribution in [2.45, 2.75) is 45.0 Å². The van der Waals surface area contributed by atoms with Gasteiger partial charge in [0.1, 0.15) is 17.6 Å². The van der Waals surface area contributed by atoms with E-state index in [9.17, 15) is 9.00 Å². The summed E-state index contributed by atoms with van der Waals surface area (Å²) in [5, 5.41) is 0. The van der Waals surface area contributed by atoms with Gasteiger partial charge in [-0.1, -0.05) is 30.3 Å². The van der Waals surface area contributed by atoms with E-state index in [0.717, 1.165) is 18.4 Å². The Balaban J connectivity index is 1.75. The highest BCUT2D eigenvalue weighted by molar-refractivity contribution is 7.85. The second-order valence-electron chi connectivity index (χ2n) is 6.98. The smallest absolute Gasteiger partial charge is 0.410 e. The first-order valence-corrected chi connectivity index (χ1v) is 9.39. The zero-order chi connectivity index (χ0) is 17.6. The van der Waals surface area contributed by atoms with E-state index in [1.165, 1.54) is 0 Å². The van der Waals surface area contributed by atoms with Gasteiger partial charge in [0, 0.05) is 19.3 Å². The third kappa shape index (κ3) is 5.74. The van der Waals surface area contributed by atoms with Crippen LogP contribution >= 0.6 is 0 Å². The van der Waals surface area contributed by atoms with Crippen molar-refractivity contribution in [3.8, 4) is 0 Å². The van der Waals surface area contributed by atoms with Crippen molar-refractivity contribution >= 4 is 23.3 Å². The molecule has 0 bridgehead atoms. The number of piperidine rings is 1. The fourth-order valence-electron chi connectivity index (χ4n) is 2.34. The summed E-state index contributed by atoms with van der Waals surface area (Å²) >= 11 is 0. The normalized spacial score (nSPS) is 17.9. The molecule has 1 aliphatic heterocycles. The number of carbonyl (C=O) groups excluding carboxylic acids is 1. The van der Waals surface area contributed by atoms with E-state index in [1.807, 2.05) is 51.1 Å². The number of amides is 1. The van der Waals surface area contributed by atoms with Gasteiger partial charge in [0.05, 0.1) is 4.75 Å². The fraction of sp³-hybridized carbons (Fsp3) is 0.556. The van der Waals surface area contributed by atoms with E-state index in [2.05, 4.69) is 4.40 Å². The third-order valence-electron chi connectivity index (χ3n) is 3.89. The monoisotopic (exact) mass is 350 g/mol. The van der Waals surface area contributed by atoms with Crippen LogP contribution in [0.3, 0.4) is 0 Å². The summed E-state index contributed by atoms with van der Waals surface area (Å²) in [6.07, 6.45) is 3.18. The summed E-state index contributed by atoms with van der Waals surface area (Å²) in [4.78, 5) is 13.8. The molecule has 6 heteroatoms. The zero-order valence-corrected chi connectivity index (χ0v) is 15.4. The van der Waals surface area contributed by atoms with Crippen LogP contribution in [-0.2, 0) is 22.3 Å². The summed E-state index contributed by atoms with van der Waals surface area (Å²) in [5.74, 6) is 0.273. The zero-order valence-electron chi connectivity index (χ0n) is 14.6. The van der Waals surface area contributed by atoms with E-state index in [-0.39, 0.29) is 16.8 Å². The Morgan fingerprint density at radius 1 is 1.29 bits per heavy atom. The van der Waals surface area contributed by atoms with Gasteiger partial charge in [0.2, 0.25) is 0 Å². The van der Waals surface area contributed by atoms with Crippen LogP contribution in [0.5, 0.6) is 0 Å². The Morgan fingerprint density at radius 3 is 2.50 bits per heavy atom. The number of ether oxygens (including phenoxy) is 1. The molecule has 1 aliphatic rings. The summed E-state index contributed by atoms with van der Waals surface area (Å²) in [6.45, 7) is 7.31. The number of nitrogens with zero attached hydrogens (tertiary/aromatic N) is 2. The highest BCUT2D eigenvalue weighted by Gasteiger charge is 2.24. The summed E-state index contributed by atoms with van der Waals surface area (Å²) < 4.78 is 21.1. The highest BCUT2D eigenvalue weighted by atomic mass is 32.2. The van der Waals surface area contributed by atoms with E-state index >= 15 is 0 Å². The van der Waals surface area contributed by atoms with Gasteiger partial charge in [-0.2, -0.15) is 4.40 Å². The number of carbonyl (C=O) groups is 1. The van der Waals surface area contributed by atoms with Gasteiger partial charge in [-0.05, 0) is 45.1 Å². The van der Waals surface area contributed by atoms with Crippen LogP contribution < -0.4 is 0 Å². The van der Waals surface area contributed by atoms with Gasteiger partial charge in [-0.3, -0.25) is 0 Å². The molecule has 1 aromatic rings. The Morgan fingerprint density at radius 2 is 1.92 bits per heavy atom. The third-order valence-corrected chi connectivity index (χ3v) is 5.26. The Kier molecular flexibility index (Phi) is 6.54. The molecular weight excluding hydrogens is 324 g/mol. The van der Waals surface area contributed by atoms with Crippen LogP contribution in [0.2, 0.25) is 0 Å². The standard InChI is InChI=1S/C18H26N2O3S/c1-18(2,3)24(22)19-13-15-9-11-20(12-10-15)17(21)23-14-16-7-5-4-6-8-16/h4-8,13,15H,9-12,14H2,1-3H3/b19-13+. The van der Waals surface area contributed by atoms with Crippen molar-refractivity contribution in [2.75, 3.05) is 13.1 Å². The Hall–Kier alpha value is -1.69. The Bertz CT molecular complexity index is 588. The lowest BCUT2D eigenvalue weighted by Gasteiger charge is -2.29. The molecule has 0 aliphatic carbocycles. The van der Waals surface area contributed by atoms with Crippen LogP contribution in [0.1, 0.15) is 39.2 Å². The van der Waals surface area contributed by atoms with Gasteiger partial charge < -0.3 is 9.64 Å². The molecule has 0 radical (unpaired) electrons. The predicted molar refractivity (Wildman–Crippen MR) is 97.3 cm³/mol. The van der Waals surface area contributed by atoms with E-state index in [0.29, 0.717) is 19.7 Å². The molecule has 132 valence electrons. The van der Waals surface area contributed by atoms with E-state index in [1.54, 1.807) is 11.1 Å². The van der Waals surface area contributed by atoms with Crippen molar-refractivity contribution in [3.63, 3.8) is 0 Å². The lowest BCUT2D eigenvalue weighted by molar-refractivity contribution is 0.0867. The molecular formula is C18H26N2O3S. The second-order valence-corrected chi connectivity index (χ2v) is 8.91. The second kappa shape index (κ2) is 8.42. The van der Waals surface area contributed by atoms with Gasteiger partial charge >= 0.3 is 6.09 Å². The average Bonchev–Trinajstić information content (AvgIpc) is 2.58. The van der Waals surface area contributed by atoms with Gasteiger partial charge in [0.25, 0.3) is 0 Å². The van der Waals surface area contributed by atoms with Crippen LogP contribution in [-0.4, -0.2) is 39.3 Å². The summed E-state index contributed by atoms with van der Waals surface area (Å²) in [5.41, 5.74) is 0.984. The SMILES string of the molecule is CC(C)(C)S(=O)/N=C/C1CCN(C(=O)OCc2ccccc2)CC1. The first-order chi connectivity index (χ1) is 11.4. The largest absolute Gasteiger partial charge is 0.445 e. The molecule has 1 heterocycles. The van der Waals surface area contributed by atoms with Crippen molar-refractivity contribution < 1.29 is 13.7 Å². The maximum absolute atomic E-state index is 12.1. The van der Waals surface area contributed by atoms with Crippen molar-refractivity contribution in [1.82, 2.24) is 4.90 Å². The molecule has 1 fully saturated rings. The molecule has 0 spiro atoms. The first-order valence-electron chi connectivity index (χ1n) is 8.28. The topological polar surface area (TPSA) is 59.0 Å². The predicted octanol–water partition coefficient (Wildman–Crippen LogP) is 3.57. The van der Waals surface area contributed by atoms with Gasteiger partial charge in [-0.25, -0.2) is 9.00 Å². The molecule has 0 aromatic heterocycles. The minimum atomic E-state index is -1.22.